The number of halogens is 2. The summed E-state index contributed by atoms with van der Waals surface area (Å²) < 4.78 is 6.36. The Balaban J connectivity index is 1.37. The number of ether oxygens (including phenoxy) is 1. The first kappa shape index (κ1) is 26.4. The summed E-state index contributed by atoms with van der Waals surface area (Å²) in [7, 11) is 0. The molecule has 1 aliphatic heterocycles. The lowest BCUT2D eigenvalue weighted by Crippen LogP contribution is -2.47. The van der Waals surface area contributed by atoms with Gasteiger partial charge in [0.25, 0.3) is 0 Å². The van der Waals surface area contributed by atoms with Gasteiger partial charge in [-0.15, -0.1) is 10.2 Å². The Hall–Kier alpha value is -1.22. The molecule has 1 amide bonds. The maximum absolute atomic E-state index is 12.2. The lowest BCUT2D eigenvalue weighted by molar-refractivity contribution is -0.119. The number of aliphatic hydroxyl groups excluding tert-OH is 2. The molecule has 0 radical (unpaired) electrons. The van der Waals surface area contributed by atoms with Crippen molar-refractivity contribution in [2.75, 3.05) is 37.3 Å². The number of carbonyl (C=O) groups excluding carboxylic acids is 1. The number of anilines is 1. The van der Waals surface area contributed by atoms with E-state index in [1.807, 2.05) is 12.1 Å². The van der Waals surface area contributed by atoms with Crippen LogP contribution in [0, 0.1) is 0 Å². The minimum atomic E-state index is -1.13. The highest BCUT2D eigenvalue weighted by Crippen LogP contribution is 2.26. The maximum Gasteiger partial charge on any atom is 0.230 e. The summed E-state index contributed by atoms with van der Waals surface area (Å²) in [4.78, 5) is 14.5. The number of carbonyl (C=O) groups is 1. The van der Waals surface area contributed by atoms with Gasteiger partial charge < -0.3 is 31.3 Å². The molecule has 0 spiro atoms. The van der Waals surface area contributed by atoms with E-state index in [0.29, 0.717) is 39.2 Å². The largest absolute Gasteiger partial charge is 0.379 e. The van der Waals surface area contributed by atoms with Crippen LogP contribution in [0.2, 0.25) is 10.0 Å². The molecular weight excluding hydrogens is 511 g/mol. The van der Waals surface area contributed by atoms with Crippen LogP contribution in [-0.2, 0) is 16.1 Å². The Labute approximate surface area is 209 Å². The summed E-state index contributed by atoms with van der Waals surface area (Å²) in [6.45, 7) is 3.22. The van der Waals surface area contributed by atoms with Crippen molar-refractivity contribution in [3.05, 3.63) is 33.8 Å². The van der Waals surface area contributed by atoms with Crippen molar-refractivity contribution >= 4 is 57.3 Å². The van der Waals surface area contributed by atoms with Crippen molar-refractivity contribution in [3.8, 4) is 0 Å². The molecular formula is C19H26Cl2N6O4S2. The van der Waals surface area contributed by atoms with Crippen LogP contribution in [0.1, 0.15) is 12.0 Å². The number of rotatable bonds is 11. The van der Waals surface area contributed by atoms with Crippen LogP contribution in [0.25, 0.3) is 0 Å². The highest BCUT2D eigenvalue weighted by molar-refractivity contribution is 8.01. The first-order chi connectivity index (χ1) is 15.8. The highest BCUT2D eigenvalue weighted by atomic mass is 35.5. The fraction of sp³-hybridized carbons (Fsp3) is 0.526. The van der Waals surface area contributed by atoms with Gasteiger partial charge in [-0.25, -0.2) is 0 Å². The highest BCUT2D eigenvalue weighted by Gasteiger charge is 2.21. The Morgan fingerprint density at radius 2 is 2.18 bits per heavy atom. The molecule has 1 fully saturated rings. The Bertz CT molecular complexity index is 922. The number of hydrogen-bond donors (Lipinski definition) is 5. The molecule has 33 heavy (non-hydrogen) atoms. The van der Waals surface area contributed by atoms with E-state index in [4.69, 9.17) is 38.8 Å². The van der Waals surface area contributed by atoms with Crippen molar-refractivity contribution in [1.82, 2.24) is 20.4 Å². The van der Waals surface area contributed by atoms with Crippen molar-refractivity contribution in [3.63, 3.8) is 0 Å². The minimum absolute atomic E-state index is 0.0431. The molecule has 0 aliphatic carbocycles. The monoisotopic (exact) mass is 536 g/mol. The average Bonchev–Trinajstić information content (AvgIpc) is 3.20. The van der Waals surface area contributed by atoms with Gasteiger partial charge in [-0.05, 0) is 17.7 Å². The van der Waals surface area contributed by atoms with Crippen molar-refractivity contribution < 1.29 is 19.7 Å². The smallest absolute Gasteiger partial charge is 0.230 e. The number of nitrogens with two attached hydrogens (primary N) is 1. The van der Waals surface area contributed by atoms with Crippen LogP contribution < -0.4 is 16.4 Å². The Morgan fingerprint density at radius 3 is 2.94 bits per heavy atom. The molecule has 1 aromatic heterocycles. The summed E-state index contributed by atoms with van der Waals surface area (Å²) in [5, 5.41) is 33.7. The van der Waals surface area contributed by atoms with Gasteiger partial charge in [-0.1, -0.05) is 52.4 Å². The second-order valence-electron chi connectivity index (χ2n) is 7.41. The van der Waals surface area contributed by atoms with Gasteiger partial charge in [0.15, 0.2) is 4.34 Å². The molecule has 0 bridgehead atoms. The number of aliphatic hydroxyl groups is 2. The zero-order valence-electron chi connectivity index (χ0n) is 17.6. The predicted molar refractivity (Wildman–Crippen MR) is 130 cm³/mol. The van der Waals surface area contributed by atoms with Gasteiger partial charge >= 0.3 is 0 Å². The second-order valence-corrected chi connectivity index (χ2v) is 10.4. The molecule has 0 unspecified atom stereocenters. The summed E-state index contributed by atoms with van der Waals surface area (Å²) in [6, 6.07) is 5.61. The molecule has 6 N–H and O–H groups in total. The molecule has 10 nitrogen and oxygen atoms in total. The number of thioether (sulfide) groups is 1. The third-order valence-electron chi connectivity index (χ3n) is 4.63. The predicted octanol–water partition coefficient (Wildman–Crippen LogP) is 1.35. The zero-order chi connectivity index (χ0) is 23.8. The normalized spacial score (nSPS) is 18.6. The van der Waals surface area contributed by atoms with E-state index < -0.39 is 12.5 Å². The maximum atomic E-state index is 12.2. The lowest BCUT2D eigenvalue weighted by Gasteiger charge is -2.33. The summed E-state index contributed by atoms with van der Waals surface area (Å²) in [5.74, 6) is 0.0412. The van der Waals surface area contributed by atoms with E-state index >= 15 is 0 Å². The van der Waals surface area contributed by atoms with Crippen molar-refractivity contribution in [2.24, 2.45) is 5.73 Å². The topological polar surface area (TPSA) is 146 Å². The van der Waals surface area contributed by atoms with Crippen LogP contribution >= 0.6 is 46.3 Å². The molecule has 1 aromatic carbocycles. The van der Waals surface area contributed by atoms with Crippen LogP contribution in [0.15, 0.2) is 22.5 Å². The third kappa shape index (κ3) is 9.15. The van der Waals surface area contributed by atoms with Crippen LogP contribution in [0.3, 0.4) is 0 Å². The molecule has 1 saturated heterocycles. The van der Waals surface area contributed by atoms with E-state index in [0.717, 1.165) is 18.7 Å². The summed E-state index contributed by atoms with van der Waals surface area (Å²) in [6.07, 6.45) is -2.31. The fourth-order valence-corrected chi connectivity index (χ4v) is 5.06. The van der Waals surface area contributed by atoms with E-state index in [2.05, 4.69) is 25.7 Å². The fourth-order valence-electron chi connectivity index (χ4n) is 3.11. The first-order valence-electron chi connectivity index (χ1n) is 10.2. The Morgan fingerprint density at radius 1 is 1.36 bits per heavy atom. The minimum Gasteiger partial charge on any atom is -0.379 e. The van der Waals surface area contributed by atoms with Gasteiger partial charge in [0.2, 0.25) is 11.0 Å². The van der Waals surface area contributed by atoms with E-state index in [-0.39, 0.29) is 24.2 Å². The molecule has 2 heterocycles. The molecule has 3 rings (SSSR count). The Kier molecular flexibility index (Phi) is 10.4. The number of nitrogens with zero attached hydrogens (tertiary/aromatic N) is 3. The van der Waals surface area contributed by atoms with Gasteiger partial charge in [0.1, 0.15) is 12.5 Å². The van der Waals surface area contributed by atoms with Gasteiger partial charge in [-0.2, -0.15) is 0 Å². The second kappa shape index (κ2) is 13.0. The van der Waals surface area contributed by atoms with Gasteiger partial charge in [0.05, 0.1) is 28.5 Å². The average molecular weight is 537 g/mol. The molecule has 182 valence electrons. The molecule has 2 aromatic rings. The SMILES string of the molecule is N[C@@H](O)C[C@H](O)Nc1nnc(SCC(=O)NC[C@H]2CN(Cc3ccc(Cl)c(Cl)c3)CCO2)s1. The van der Waals surface area contributed by atoms with Crippen LogP contribution in [0.4, 0.5) is 5.13 Å². The quantitative estimate of drug-likeness (QED) is 0.210. The number of aromatic nitrogens is 2. The van der Waals surface area contributed by atoms with Crippen LogP contribution in [0.5, 0.6) is 0 Å². The van der Waals surface area contributed by atoms with Crippen molar-refractivity contribution in [2.45, 2.75) is 35.9 Å². The number of hydrogen-bond acceptors (Lipinski definition) is 11. The van der Waals surface area contributed by atoms with Gasteiger partial charge in [-0.3, -0.25) is 9.69 Å². The summed E-state index contributed by atoms with van der Waals surface area (Å²) >= 11 is 14.5. The third-order valence-corrected chi connectivity index (χ3v) is 7.35. The first-order valence-corrected chi connectivity index (χ1v) is 12.7. The number of benzene rings is 1. The lowest BCUT2D eigenvalue weighted by atomic mass is 10.2. The van der Waals surface area contributed by atoms with E-state index in [9.17, 15) is 9.90 Å². The number of amides is 1. The van der Waals surface area contributed by atoms with E-state index in [1.165, 1.54) is 23.1 Å². The van der Waals surface area contributed by atoms with E-state index in [1.54, 1.807) is 6.07 Å². The summed E-state index contributed by atoms with van der Waals surface area (Å²) in [5.41, 5.74) is 6.29. The standard InChI is InChI=1S/C19H26Cl2N6O4S2/c20-13-2-1-11(5-14(13)21)8-27-3-4-31-12(9-27)7-23-17(30)10-32-19-26-25-18(33-19)24-16(29)6-15(22)28/h1-2,5,12,15-16,28-29H,3-4,6-10,22H2,(H,23,30)(H,24,25)/t12-,15-,16-/m0/s1. The van der Waals surface area contributed by atoms with Gasteiger partial charge in [0, 0.05) is 32.6 Å². The number of morpholine rings is 1. The van der Waals surface area contributed by atoms with Crippen LogP contribution in [-0.4, -0.2) is 81.8 Å². The zero-order valence-corrected chi connectivity index (χ0v) is 20.8. The molecule has 1 aliphatic rings. The molecule has 3 atom stereocenters. The van der Waals surface area contributed by atoms with Crippen molar-refractivity contribution in [1.29, 1.82) is 0 Å². The molecule has 14 heteroatoms. The molecule has 0 saturated carbocycles. The number of nitrogens with one attached hydrogen (secondary N) is 2.